The van der Waals surface area contributed by atoms with Crippen molar-refractivity contribution < 1.29 is 13.5 Å². The van der Waals surface area contributed by atoms with Gasteiger partial charge in [0.25, 0.3) is 0 Å². The largest absolute Gasteiger partial charge is 0.395 e. The van der Waals surface area contributed by atoms with Crippen LogP contribution in [0.3, 0.4) is 0 Å². The van der Waals surface area contributed by atoms with Gasteiger partial charge in [0.15, 0.2) is 0 Å². The fourth-order valence-corrected chi connectivity index (χ4v) is 4.31. The zero-order valence-corrected chi connectivity index (χ0v) is 12.3. The maximum Gasteiger partial charge on any atom is 0.250 e. The Morgan fingerprint density at radius 2 is 2.12 bits per heavy atom. The zero-order chi connectivity index (χ0) is 13.2. The zero-order valence-electron chi connectivity index (χ0n) is 9.90. The first-order chi connectivity index (χ1) is 7.77. The summed E-state index contributed by atoms with van der Waals surface area (Å²) >= 11 is 6.86. The lowest BCUT2D eigenvalue weighted by molar-refractivity contribution is 0.228. The van der Waals surface area contributed by atoms with Crippen LogP contribution in [0.1, 0.15) is 19.4 Å². The van der Waals surface area contributed by atoms with Gasteiger partial charge in [0.05, 0.1) is 10.9 Å². The van der Waals surface area contributed by atoms with Crippen LogP contribution in [0.5, 0.6) is 0 Å². The molecule has 0 aliphatic heterocycles. The van der Waals surface area contributed by atoms with Gasteiger partial charge in [-0.25, -0.2) is 13.1 Å². The molecule has 0 amide bonds. The quantitative estimate of drug-likeness (QED) is 0.873. The molecule has 0 bridgehead atoms. The summed E-state index contributed by atoms with van der Waals surface area (Å²) in [7, 11) is -3.59. The SMILES string of the molecule is Cc1cc(S(=O)(=O)NC(CO)C(C)C)sc1Cl. The van der Waals surface area contributed by atoms with Crippen molar-refractivity contribution in [1.82, 2.24) is 4.72 Å². The maximum atomic E-state index is 12.0. The Balaban J connectivity index is 2.96. The predicted octanol–water partition coefficient (Wildman–Crippen LogP) is 2.01. The average Bonchev–Trinajstić information content (AvgIpc) is 2.56. The van der Waals surface area contributed by atoms with E-state index >= 15 is 0 Å². The number of thiophene rings is 1. The highest BCUT2D eigenvalue weighted by Crippen LogP contribution is 2.30. The Hall–Kier alpha value is -0.140. The molecule has 98 valence electrons. The summed E-state index contributed by atoms with van der Waals surface area (Å²) in [4.78, 5) is 0. The molecule has 0 radical (unpaired) electrons. The predicted molar refractivity (Wildman–Crippen MR) is 70.1 cm³/mol. The monoisotopic (exact) mass is 297 g/mol. The van der Waals surface area contributed by atoms with E-state index in [2.05, 4.69) is 4.72 Å². The number of rotatable bonds is 5. The fourth-order valence-electron chi connectivity index (χ4n) is 1.21. The lowest BCUT2D eigenvalue weighted by Crippen LogP contribution is -2.40. The van der Waals surface area contributed by atoms with Gasteiger partial charge in [-0.05, 0) is 24.5 Å². The second kappa shape index (κ2) is 5.67. The topological polar surface area (TPSA) is 66.4 Å². The van der Waals surface area contributed by atoms with E-state index < -0.39 is 16.1 Å². The number of aliphatic hydroxyl groups is 1. The van der Waals surface area contributed by atoms with Crippen LogP contribution in [0.2, 0.25) is 4.34 Å². The van der Waals surface area contributed by atoms with Crippen molar-refractivity contribution >= 4 is 33.0 Å². The smallest absolute Gasteiger partial charge is 0.250 e. The highest BCUT2D eigenvalue weighted by Gasteiger charge is 2.24. The van der Waals surface area contributed by atoms with Gasteiger partial charge in [-0.3, -0.25) is 0 Å². The number of hydrogen-bond acceptors (Lipinski definition) is 4. The van der Waals surface area contributed by atoms with E-state index in [9.17, 15) is 8.42 Å². The van der Waals surface area contributed by atoms with Gasteiger partial charge in [0, 0.05) is 6.04 Å². The van der Waals surface area contributed by atoms with Crippen molar-refractivity contribution in [3.63, 3.8) is 0 Å². The molecule has 0 aliphatic rings. The third-order valence-electron chi connectivity index (χ3n) is 2.41. The molecular formula is C10H16ClNO3S2. The van der Waals surface area contributed by atoms with Crippen LogP contribution in [0.4, 0.5) is 0 Å². The number of aryl methyl sites for hydroxylation is 1. The first-order valence-corrected chi connectivity index (χ1v) is 7.84. The second-order valence-electron chi connectivity index (χ2n) is 4.18. The summed E-state index contributed by atoms with van der Waals surface area (Å²) in [5.74, 6) is 0.0197. The number of aliphatic hydroxyl groups excluding tert-OH is 1. The molecule has 0 saturated carbocycles. The fraction of sp³-hybridized carbons (Fsp3) is 0.600. The minimum Gasteiger partial charge on any atom is -0.395 e. The lowest BCUT2D eigenvalue weighted by atomic mass is 10.1. The molecule has 1 atom stereocenters. The molecule has 1 aromatic heterocycles. The average molecular weight is 298 g/mol. The van der Waals surface area contributed by atoms with Gasteiger partial charge in [0.1, 0.15) is 4.21 Å². The normalized spacial score (nSPS) is 14.2. The van der Waals surface area contributed by atoms with Gasteiger partial charge in [-0.2, -0.15) is 0 Å². The Morgan fingerprint density at radius 1 is 1.53 bits per heavy atom. The van der Waals surface area contributed by atoms with Gasteiger partial charge < -0.3 is 5.11 Å². The molecule has 4 nitrogen and oxygen atoms in total. The summed E-state index contributed by atoms with van der Waals surface area (Å²) < 4.78 is 27.1. The lowest BCUT2D eigenvalue weighted by Gasteiger charge is -2.19. The number of hydrogen-bond donors (Lipinski definition) is 2. The molecule has 1 aromatic rings. The Labute approximate surface area is 111 Å². The summed E-state index contributed by atoms with van der Waals surface area (Å²) in [5, 5.41) is 9.12. The van der Waals surface area contributed by atoms with Crippen molar-refractivity contribution in [1.29, 1.82) is 0 Å². The van der Waals surface area contributed by atoms with Crippen LogP contribution in [0.25, 0.3) is 0 Å². The standard InChI is InChI=1S/C10H16ClNO3S2/c1-6(2)8(5-13)12-17(14,15)9-4-7(3)10(11)16-9/h4,6,8,12-13H,5H2,1-3H3. The Bertz CT molecular complexity index is 462. The third kappa shape index (κ3) is 3.66. The van der Waals surface area contributed by atoms with E-state index in [1.165, 1.54) is 6.07 Å². The van der Waals surface area contributed by atoms with Crippen LogP contribution in [-0.4, -0.2) is 26.2 Å². The van der Waals surface area contributed by atoms with Gasteiger partial charge in [-0.15, -0.1) is 11.3 Å². The van der Waals surface area contributed by atoms with E-state index in [-0.39, 0.29) is 16.7 Å². The molecular weight excluding hydrogens is 282 g/mol. The summed E-state index contributed by atoms with van der Waals surface area (Å²) in [6, 6.07) is 1.05. The van der Waals surface area contributed by atoms with E-state index in [1.807, 2.05) is 13.8 Å². The van der Waals surface area contributed by atoms with Crippen LogP contribution < -0.4 is 4.72 Å². The van der Waals surface area contributed by atoms with Crippen LogP contribution >= 0.6 is 22.9 Å². The Morgan fingerprint density at radius 3 is 2.47 bits per heavy atom. The van der Waals surface area contributed by atoms with E-state index in [0.29, 0.717) is 4.34 Å². The van der Waals surface area contributed by atoms with Crippen LogP contribution in [-0.2, 0) is 10.0 Å². The van der Waals surface area contributed by atoms with Crippen molar-refractivity contribution in [2.45, 2.75) is 31.0 Å². The molecule has 7 heteroatoms. The van der Waals surface area contributed by atoms with Gasteiger partial charge >= 0.3 is 0 Å². The summed E-state index contributed by atoms with van der Waals surface area (Å²) in [6.07, 6.45) is 0. The molecule has 2 N–H and O–H groups in total. The van der Waals surface area contributed by atoms with Crippen molar-refractivity contribution in [2.24, 2.45) is 5.92 Å². The number of halogens is 1. The summed E-state index contributed by atoms with van der Waals surface area (Å²) in [6.45, 7) is 5.21. The molecule has 0 aliphatic carbocycles. The molecule has 0 saturated heterocycles. The molecule has 0 aromatic carbocycles. The third-order valence-corrected chi connectivity index (χ3v) is 5.93. The number of nitrogens with one attached hydrogen (secondary N) is 1. The van der Waals surface area contributed by atoms with Gasteiger partial charge in [-0.1, -0.05) is 25.4 Å². The minimum absolute atomic E-state index is 0.0197. The molecule has 0 fully saturated rings. The Kier molecular flexibility index (Phi) is 4.97. The van der Waals surface area contributed by atoms with E-state index in [4.69, 9.17) is 16.7 Å². The van der Waals surface area contributed by atoms with Crippen LogP contribution in [0, 0.1) is 12.8 Å². The second-order valence-corrected chi connectivity index (χ2v) is 7.77. The molecule has 1 rings (SSSR count). The molecule has 1 unspecified atom stereocenters. The van der Waals surface area contributed by atoms with E-state index in [1.54, 1.807) is 6.92 Å². The van der Waals surface area contributed by atoms with Crippen molar-refractivity contribution in [3.8, 4) is 0 Å². The van der Waals surface area contributed by atoms with E-state index in [0.717, 1.165) is 16.9 Å². The van der Waals surface area contributed by atoms with Crippen molar-refractivity contribution in [3.05, 3.63) is 16.0 Å². The molecule has 17 heavy (non-hydrogen) atoms. The first kappa shape index (κ1) is 14.9. The number of sulfonamides is 1. The first-order valence-electron chi connectivity index (χ1n) is 5.17. The van der Waals surface area contributed by atoms with Gasteiger partial charge in [0.2, 0.25) is 10.0 Å². The minimum atomic E-state index is -3.59. The molecule has 0 spiro atoms. The van der Waals surface area contributed by atoms with Crippen LogP contribution in [0.15, 0.2) is 10.3 Å². The highest BCUT2D eigenvalue weighted by atomic mass is 35.5. The molecule has 1 heterocycles. The highest BCUT2D eigenvalue weighted by molar-refractivity contribution is 7.91. The summed E-state index contributed by atoms with van der Waals surface area (Å²) in [5.41, 5.74) is 0.738. The maximum absolute atomic E-state index is 12.0. The van der Waals surface area contributed by atoms with Crippen molar-refractivity contribution in [2.75, 3.05) is 6.61 Å².